The third-order valence-corrected chi connectivity index (χ3v) is 4.86. The van der Waals surface area contributed by atoms with Crippen LogP contribution in [0.25, 0.3) is 0 Å². The van der Waals surface area contributed by atoms with E-state index in [1.54, 1.807) is 30.3 Å². The van der Waals surface area contributed by atoms with Crippen LogP contribution < -0.4 is 5.32 Å². The van der Waals surface area contributed by atoms with Crippen LogP contribution in [-0.4, -0.2) is 35.8 Å². The highest BCUT2D eigenvalue weighted by atomic mass is 35.5. The van der Waals surface area contributed by atoms with Crippen LogP contribution in [-0.2, 0) is 25.7 Å². The fourth-order valence-electron chi connectivity index (χ4n) is 2.71. The number of esters is 1. The van der Waals surface area contributed by atoms with Crippen molar-refractivity contribution in [2.24, 2.45) is 5.92 Å². The van der Waals surface area contributed by atoms with Crippen LogP contribution in [0.4, 0.5) is 5.69 Å². The highest BCUT2D eigenvalue weighted by Crippen LogP contribution is 2.29. The molecule has 0 saturated carbocycles. The molecule has 27 heavy (non-hydrogen) atoms. The summed E-state index contributed by atoms with van der Waals surface area (Å²) in [5.41, 5.74) is 0.325. The number of furan rings is 1. The average molecular weight is 411 g/mol. The van der Waals surface area contributed by atoms with Gasteiger partial charge in [-0.15, -0.1) is 0 Å². The zero-order chi connectivity index (χ0) is 19.4. The van der Waals surface area contributed by atoms with Gasteiger partial charge in [-0.3, -0.25) is 14.4 Å². The highest BCUT2D eigenvalue weighted by Gasteiger charge is 2.35. The molecule has 0 bridgehead atoms. The molecule has 1 atom stereocenters. The molecule has 3 rings (SSSR count). The van der Waals surface area contributed by atoms with Gasteiger partial charge in [-0.05, 0) is 24.3 Å². The maximum absolute atomic E-state index is 12.2. The maximum atomic E-state index is 12.2. The summed E-state index contributed by atoms with van der Waals surface area (Å²) in [6.07, 6.45) is 1.56. The SMILES string of the molecule is O=C(COC(=O)[C@H]1CC(=O)N(Cc2ccco2)C1)Nc1cccc(Cl)c1Cl. The molecular weight excluding hydrogens is 395 g/mol. The Morgan fingerprint density at radius 1 is 1.26 bits per heavy atom. The molecule has 0 radical (unpaired) electrons. The second kappa shape index (κ2) is 8.45. The molecule has 1 aromatic carbocycles. The fraction of sp³-hybridized carbons (Fsp3) is 0.278. The molecule has 9 heteroatoms. The lowest BCUT2D eigenvalue weighted by Crippen LogP contribution is -2.28. The van der Waals surface area contributed by atoms with Gasteiger partial charge in [0.1, 0.15) is 5.76 Å². The van der Waals surface area contributed by atoms with Crippen LogP contribution in [0.15, 0.2) is 41.0 Å². The second-order valence-electron chi connectivity index (χ2n) is 6.01. The Bertz CT molecular complexity index is 853. The summed E-state index contributed by atoms with van der Waals surface area (Å²) in [5.74, 6) is -1.30. The summed E-state index contributed by atoms with van der Waals surface area (Å²) in [4.78, 5) is 37.7. The summed E-state index contributed by atoms with van der Waals surface area (Å²) in [5, 5.41) is 3.02. The lowest BCUT2D eigenvalue weighted by molar-refractivity contribution is -0.151. The summed E-state index contributed by atoms with van der Waals surface area (Å²) in [7, 11) is 0. The summed E-state index contributed by atoms with van der Waals surface area (Å²) < 4.78 is 10.2. The van der Waals surface area contributed by atoms with Crippen molar-refractivity contribution in [2.75, 3.05) is 18.5 Å². The Morgan fingerprint density at radius 3 is 2.81 bits per heavy atom. The van der Waals surface area contributed by atoms with E-state index in [9.17, 15) is 14.4 Å². The Balaban J connectivity index is 1.48. The minimum Gasteiger partial charge on any atom is -0.467 e. The predicted octanol–water partition coefficient (Wildman–Crippen LogP) is 3.12. The first-order valence-electron chi connectivity index (χ1n) is 8.14. The molecule has 1 aliphatic heterocycles. The van der Waals surface area contributed by atoms with E-state index in [0.29, 0.717) is 23.0 Å². The molecule has 2 amide bonds. The number of benzene rings is 1. The number of carbonyl (C=O) groups excluding carboxylic acids is 3. The number of nitrogens with one attached hydrogen (secondary N) is 1. The number of amides is 2. The first-order valence-corrected chi connectivity index (χ1v) is 8.90. The number of halogens is 2. The van der Waals surface area contributed by atoms with E-state index in [1.165, 1.54) is 11.2 Å². The number of hydrogen-bond acceptors (Lipinski definition) is 5. The Morgan fingerprint density at radius 2 is 2.07 bits per heavy atom. The van der Waals surface area contributed by atoms with E-state index in [0.717, 1.165) is 0 Å². The molecule has 0 spiro atoms. The molecular formula is C18H16Cl2N2O5. The number of carbonyl (C=O) groups is 3. The predicted molar refractivity (Wildman–Crippen MR) is 98.3 cm³/mol. The molecule has 142 valence electrons. The molecule has 1 aliphatic rings. The van der Waals surface area contributed by atoms with Gasteiger partial charge in [0.05, 0.1) is 34.5 Å². The lowest BCUT2D eigenvalue weighted by Gasteiger charge is -2.14. The van der Waals surface area contributed by atoms with E-state index in [1.807, 2.05) is 0 Å². The molecule has 1 N–H and O–H groups in total. The summed E-state index contributed by atoms with van der Waals surface area (Å²) in [6, 6.07) is 8.28. The Kier molecular flexibility index (Phi) is 6.03. The van der Waals surface area contributed by atoms with Crippen LogP contribution in [0.1, 0.15) is 12.2 Å². The lowest BCUT2D eigenvalue weighted by atomic mass is 10.1. The van der Waals surface area contributed by atoms with E-state index in [-0.39, 0.29) is 23.9 Å². The van der Waals surface area contributed by atoms with Gasteiger partial charge in [0, 0.05) is 13.0 Å². The van der Waals surface area contributed by atoms with Gasteiger partial charge in [0.15, 0.2) is 6.61 Å². The maximum Gasteiger partial charge on any atom is 0.311 e. The molecule has 7 nitrogen and oxygen atoms in total. The number of rotatable bonds is 6. The number of ether oxygens (including phenoxy) is 1. The van der Waals surface area contributed by atoms with E-state index in [2.05, 4.69) is 5.32 Å². The zero-order valence-corrected chi connectivity index (χ0v) is 15.6. The van der Waals surface area contributed by atoms with E-state index in [4.69, 9.17) is 32.4 Å². The first-order chi connectivity index (χ1) is 12.9. The number of anilines is 1. The van der Waals surface area contributed by atoms with Crippen molar-refractivity contribution in [3.8, 4) is 0 Å². The molecule has 1 aromatic heterocycles. The quantitative estimate of drug-likeness (QED) is 0.738. The normalized spacial score (nSPS) is 16.4. The van der Waals surface area contributed by atoms with Crippen LogP contribution in [0.2, 0.25) is 10.0 Å². The van der Waals surface area contributed by atoms with Crippen LogP contribution in [0.3, 0.4) is 0 Å². The topological polar surface area (TPSA) is 88.9 Å². The van der Waals surface area contributed by atoms with Crippen molar-refractivity contribution in [2.45, 2.75) is 13.0 Å². The Hall–Kier alpha value is -2.51. The van der Waals surface area contributed by atoms with Crippen molar-refractivity contribution in [1.29, 1.82) is 0 Å². The summed E-state index contributed by atoms with van der Waals surface area (Å²) >= 11 is 11.9. The second-order valence-corrected chi connectivity index (χ2v) is 6.80. The van der Waals surface area contributed by atoms with Gasteiger partial charge in [-0.2, -0.15) is 0 Å². The third kappa shape index (κ3) is 4.81. The van der Waals surface area contributed by atoms with Gasteiger partial charge < -0.3 is 19.4 Å². The van der Waals surface area contributed by atoms with Crippen LogP contribution in [0.5, 0.6) is 0 Å². The number of likely N-dealkylation sites (tertiary alicyclic amines) is 1. The fourth-order valence-corrected chi connectivity index (χ4v) is 3.06. The molecule has 1 fully saturated rings. The first kappa shape index (κ1) is 19.3. The molecule has 0 aliphatic carbocycles. The molecule has 0 unspecified atom stereocenters. The molecule has 2 aromatic rings. The minimum absolute atomic E-state index is 0.0429. The van der Waals surface area contributed by atoms with Gasteiger partial charge in [0.2, 0.25) is 5.91 Å². The van der Waals surface area contributed by atoms with E-state index < -0.39 is 24.4 Å². The highest BCUT2D eigenvalue weighted by molar-refractivity contribution is 6.44. The van der Waals surface area contributed by atoms with Crippen molar-refractivity contribution >= 4 is 46.7 Å². The minimum atomic E-state index is -0.616. The van der Waals surface area contributed by atoms with Crippen molar-refractivity contribution in [1.82, 2.24) is 4.90 Å². The van der Waals surface area contributed by atoms with Crippen molar-refractivity contribution in [3.05, 3.63) is 52.4 Å². The average Bonchev–Trinajstić information content (AvgIpc) is 3.27. The monoisotopic (exact) mass is 410 g/mol. The smallest absolute Gasteiger partial charge is 0.311 e. The Labute approximate surface area is 165 Å². The number of hydrogen-bond donors (Lipinski definition) is 1. The van der Waals surface area contributed by atoms with Crippen molar-refractivity contribution < 1.29 is 23.5 Å². The number of nitrogens with zero attached hydrogens (tertiary/aromatic N) is 1. The standard InChI is InChI=1S/C18H16Cl2N2O5/c19-13-4-1-5-14(17(13)20)21-15(23)10-27-18(25)11-7-16(24)22(8-11)9-12-3-2-6-26-12/h1-6,11H,7-10H2,(H,21,23)/t11-/m0/s1. The van der Waals surface area contributed by atoms with Crippen molar-refractivity contribution in [3.63, 3.8) is 0 Å². The molecule has 1 saturated heterocycles. The van der Waals surface area contributed by atoms with Crippen LogP contribution in [0, 0.1) is 5.92 Å². The third-order valence-electron chi connectivity index (χ3n) is 4.05. The van der Waals surface area contributed by atoms with Crippen LogP contribution >= 0.6 is 23.2 Å². The van der Waals surface area contributed by atoms with Gasteiger partial charge in [-0.25, -0.2) is 0 Å². The van der Waals surface area contributed by atoms with Gasteiger partial charge in [0.25, 0.3) is 5.91 Å². The molecule has 2 heterocycles. The van der Waals surface area contributed by atoms with Gasteiger partial charge in [-0.1, -0.05) is 29.3 Å². The zero-order valence-electron chi connectivity index (χ0n) is 14.1. The van der Waals surface area contributed by atoms with E-state index >= 15 is 0 Å². The van der Waals surface area contributed by atoms with Gasteiger partial charge >= 0.3 is 5.97 Å². The largest absolute Gasteiger partial charge is 0.467 e. The summed E-state index contributed by atoms with van der Waals surface area (Å²) in [6.45, 7) is 0.0357.